The molecule has 0 saturated carbocycles. The van der Waals surface area contributed by atoms with Crippen LogP contribution in [0.5, 0.6) is 11.5 Å². The van der Waals surface area contributed by atoms with Crippen LogP contribution in [0.25, 0.3) is 6.08 Å². The molecule has 0 unspecified atom stereocenters. The Morgan fingerprint density at radius 1 is 1.36 bits per heavy atom. The Bertz CT molecular complexity index is 781. The van der Waals surface area contributed by atoms with Crippen LogP contribution in [0.1, 0.15) is 35.9 Å². The topological polar surface area (TPSA) is 38.8 Å². The van der Waals surface area contributed by atoms with Crippen molar-refractivity contribution in [3.63, 3.8) is 0 Å². The van der Waals surface area contributed by atoms with E-state index in [1.165, 1.54) is 10.4 Å². The molecule has 0 saturated heterocycles. The van der Waals surface area contributed by atoms with Crippen LogP contribution in [0.3, 0.4) is 0 Å². The van der Waals surface area contributed by atoms with E-state index < -0.39 is 0 Å². The lowest BCUT2D eigenvalue weighted by molar-refractivity contribution is -0.135. The predicted octanol–water partition coefficient (Wildman–Crippen LogP) is 4.31. The van der Waals surface area contributed by atoms with Crippen LogP contribution in [0, 0.1) is 0 Å². The maximum atomic E-state index is 12.6. The quantitative estimate of drug-likeness (QED) is 0.800. The van der Waals surface area contributed by atoms with Gasteiger partial charge in [-0.2, -0.15) is 0 Å². The van der Waals surface area contributed by atoms with Gasteiger partial charge in [0.25, 0.3) is 5.91 Å². The number of amides is 1. The van der Waals surface area contributed by atoms with Gasteiger partial charge in [-0.15, -0.1) is 11.3 Å². The number of ether oxygens (including phenoxy) is 2. The van der Waals surface area contributed by atoms with Gasteiger partial charge in [-0.05, 0) is 55.0 Å². The second-order valence-corrected chi connectivity index (χ2v) is 7.01. The summed E-state index contributed by atoms with van der Waals surface area (Å²) in [6.45, 7) is 4.81. The summed E-state index contributed by atoms with van der Waals surface area (Å²) in [7, 11) is 1.61. The zero-order valence-corrected chi connectivity index (χ0v) is 15.6. The van der Waals surface area contributed by atoms with Crippen molar-refractivity contribution in [1.82, 2.24) is 4.90 Å². The highest BCUT2D eigenvalue weighted by Gasteiger charge is 2.28. The van der Waals surface area contributed by atoms with Gasteiger partial charge in [-0.1, -0.05) is 18.2 Å². The minimum atomic E-state index is 0.00364. The van der Waals surface area contributed by atoms with Crippen LogP contribution in [0.2, 0.25) is 0 Å². The summed E-state index contributed by atoms with van der Waals surface area (Å²) < 4.78 is 11.1. The molecule has 1 aromatic carbocycles. The lowest BCUT2D eigenvalue weighted by Gasteiger charge is -2.33. The Balaban J connectivity index is 1.67. The summed E-state index contributed by atoms with van der Waals surface area (Å²) in [6, 6.07) is 7.92. The lowest BCUT2D eigenvalue weighted by atomic mass is 10.0. The highest BCUT2D eigenvalue weighted by molar-refractivity contribution is 7.10. The summed E-state index contributed by atoms with van der Waals surface area (Å²) in [5.74, 6) is 1.23. The Labute approximate surface area is 152 Å². The number of carbonyl (C=O) groups is 1. The molecule has 2 heterocycles. The van der Waals surface area contributed by atoms with E-state index in [-0.39, 0.29) is 18.6 Å². The summed E-state index contributed by atoms with van der Waals surface area (Å²) >= 11 is 1.77. The third kappa shape index (κ3) is 3.71. The molecule has 0 radical (unpaired) electrons. The van der Waals surface area contributed by atoms with Gasteiger partial charge in [0.1, 0.15) is 0 Å². The minimum Gasteiger partial charge on any atom is -0.493 e. The van der Waals surface area contributed by atoms with Gasteiger partial charge in [0.2, 0.25) is 0 Å². The number of benzene rings is 1. The smallest absolute Gasteiger partial charge is 0.261 e. The zero-order valence-electron chi connectivity index (χ0n) is 14.8. The van der Waals surface area contributed by atoms with E-state index >= 15 is 0 Å². The van der Waals surface area contributed by atoms with Gasteiger partial charge in [0.15, 0.2) is 18.1 Å². The number of methoxy groups -OCH3 is 1. The summed E-state index contributed by atoms with van der Waals surface area (Å²) in [4.78, 5) is 15.9. The van der Waals surface area contributed by atoms with Gasteiger partial charge >= 0.3 is 0 Å². The number of allylic oxidation sites excluding steroid dienone is 1. The van der Waals surface area contributed by atoms with E-state index in [1.54, 1.807) is 18.4 Å². The summed E-state index contributed by atoms with van der Waals surface area (Å²) in [5.41, 5.74) is 2.30. The molecule has 2 aromatic rings. The predicted molar refractivity (Wildman–Crippen MR) is 101 cm³/mol. The Kier molecular flexibility index (Phi) is 5.43. The molecule has 132 valence electrons. The molecule has 3 rings (SSSR count). The van der Waals surface area contributed by atoms with Crippen molar-refractivity contribution in [1.29, 1.82) is 0 Å². The van der Waals surface area contributed by atoms with Crippen LogP contribution in [0.4, 0.5) is 0 Å². The molecule has 1 amide bonds. The van der Waals surface area contributed by atoms with E-state index in [0.717, 1.165) is 18.5 Å². The van der Waals surface area contributed by atoms with E-state index in [1.807, 2.05) is 42.2 Å². The van der Waals surface area contributed by atoms with Crippen LogP contribution >= 0.6 is 11.3 Å². The Hall–Kier alpha value is -2.27. The number of nitrogens with zero attached hydrogens (tertiary/aromatic N) is 1. The average molecular weight is 357 g/mol. The highest BCUT2D eigenvalue weighted by Crippen LogP contribution is 2.33. The zero-order chi connectivity index (χ0) is 17.8. The van der Waals surface area contributed by atoms with Crippen LogP contribution in [-0.4, -0.2) is 31.1 Å². The molecule has 5 heteroatoms. The van der Waals surface area contributed by atoms with Crippen molar-refractivity contribution in [2.75, 3.05) is 20.3 Å². The molecule has 1 aliphatic heterocycles. The van der Waals surface area contributed by atoms with Crippen LogP contribution in [-0.2, 0) is 11.2 Å². The number of carbonyl (C=O) groups excluding carboxylic acids is 1. The first-order chi connectivity index (χ1) is 12.1. The first-order valence-electron chi connectivity index (χ1n) is 8.43. The standard InChI is InChI=1S/C20H23NO3S/c1-4-5-15-6-7-17(18(12-15)23-3)24-13-20(22)21-10-8-19-16(14(21)2)9-11-25-19/h4-7,9,11-12,14H,8,10,13H2,1-3H3/b5-4+/t14-/m0/s1. The van der Waals surface area contributed by atoms with E-state index in [0.29, 0.717) is 11.5 Å². The van der Waals surface area contributed by atoms with Crippen molar-refractivity contribution in [2.24, 2.45) is 0 Å². The van der Waals surface area contributed by atoms with Crippen molar-refractivity contribution < 1.29 is 14.3 Å². The molecule has 4 nitrogen and oxygen atoms in total. The van der Waals surface area contributed by atoms with Crippen molar-refractivity contribution >= 4 is 23.3 Å². The molecule has 0 bridgehead atoms. The van der Waals surface area contributed by atoms with Crippen molar-refractivity contribution in [3.8, 4) is 11.5 Å². The lowest BCUT2D eigenvalue weighted by Crippen LogP contribution is -2.40. The van der Waals surface area contributed by atoms with Gasteiger partial charge in [-0.3, -0.25) is 4.79 Å². The number of thiophene rings is 1. The van der Waals surface area contributed by atoms with E-state index in [9.17, 15) is 4.79 Å². The number of hydrogen-bond acceptors (Lipinski definition) is 4. The Morgan fingerprint density at radius 3 is 2.96 bits per heavy atom. The first-order valence-corrected chi connectivity index (χ1v) is 9.31. The Morgan fingerprint density at radius 2 is 2.20 bits per heavy atom. The molecule has 0 fully saturated rings. The van der Waals surface area contributed by atoms with Gasteiger partial charge in [0, 0.05) is 11.4 Å². The highest BCUT2D eigenvalue weighted by atomic mass is 32.1. The van der Waals surface area contributed by atoms with Gasteiger partial charge in [-0.25, -0.2) is 0 Å². The molecular weight excluding hydrogens is 334 g/mol. The molecular formula is C20H23NO3S. The fourth-order valence-corrected chi connectivity index (χ4v) is 4.13. The van der Waals surface area contributed by atoms with Gasteiger partial charge in [0.05, 0.1) is 13.2 Å². The van der Waals surface area contributed by atoms with Crippen LogP contribution < -0.4 is 9.47 Å². The molecule has 1 atom stereocenters. The van der Waals surface area contributed by atoms with Crippen LogP contribution in [0.15, 0.2) is 35.7 Å². The normalized spacial score (nSPS) is 16.8. The molecule has 1 aromatic heterocycles. The molecule has 0 N–H and O–H groups in total. The number of rotatable bonds is 5. The summed E-state index contributed by atoms with van der Waals surface area (Å²) in [5, 5.41) is 2.10. The van der Waals surface area contributed by atoms with Crippen molar-refractivity contribution in [2.45, 2.75) is 26.3 Å². The fourth-order valence-electron chi connectivity index (χ4n) is 3.17. The number of hydrogen-bond donors (Lipinski definition) is 0. The monoisotopic (exact) mass is 357 g/mol. The van der Waals surface area contributed by atoms with Crippen molar-refractivity contribution in [3.05, 3.63) is 51.7 Å². The maximum Gasteiger partial charge on any atom is 0.261 e. The second-order valence-electron chi connectivity index (χ2n) is 6.01. The molecule has 1 aliphatic rings. The SMILES string of the molecule is C/C=C/c1ccc(OCC(=O)N2CCc3sccc3[C@@H]2C)c(OC)c1. The summed E-state index contributed by atoms with van der Waals surface area (Å²) in [6.07, 6.45) is 4.88. The average Bonchev–Trinajstić information content (AvgIpc) is 3.10. The third-order valence-electron chi connectivity index (χ3n) is 4.50. The molecule has 0 aliphatic carbocycles. The second kappa shape index (κ2) is 7.74. The first kappa shape index (κ1) is 17.5. The third-order valence-corrected chi connectivity index (χ3v) is 5.49. The maximum absolute atomic E-state index is 12.6. The number of fused-ring (bicyclic) bond motifs is 1. The van der Waals surface area contributed by atoms with E-state index in [4.69, 9.17) is 9.47 Å². The minimum absolute atomic E-state index is 0.00364. The largest absolute Gasteiger partial charge is 0.493 e. The van der Waals surface area contributed by atoms with E-state index in [2.05, 4.69) is 18.4 Å². The molecule has 25 heavy (non-hydrogen) atoms. The fraction of sp³-hybridized carbons (Fsp3) is 0.350. The van der Waals surface area contributed by atoms with Gasteiger partial charge < -0.3 is 14.4 Å². The molecule has 0 spiro atoms.